The molecule has 1 unspecified atom stereocenters. The number of hydrogen-bond acceptors (Lipinski definition) is 6. The van der Waals surface area contributed by atoms with Gasteiger partial charge >= 0.3 is 0 Å². The van der Waals surface area contributed by atoms with Gasteiger partial charge in [0.25, 0.3) is 0 Å². The molecule has 2 atom stereocenters. The van der Waals surface area contributed by atoms with E-state index in [1.54, 1.807) is 13.4 Å². The van der Waals surface area contributed by atoms with Crippen LogP contribution in [0.3, 0.4) is 0 Å². The maximum absolute atomic E-state index is 13.4. The fourth-order valence-corrected chi connectivity index (χ4v) is 5.59. The van der Waals surface area contributed by atoms with Crippen LogP contribution in [0.5, 0.6) is 5.75 Å². The lowest BCUT2D eigenvalue weighted by Crippen LogP contribution is -2.21. The first kappa shape index (κ1) is 24.6. The third-order valence-corrected chi connectivity index (χ3v) is 7.65. The van der Waals surface area contributed by atoms with Crippen LogP contribution in [0.2, 0.25) is 0 Å². The van der Waals surface area contributed by atoms with Crippen molar-refractivity contribution in [1.82, 2.24) is 19.8 Å². The second-order valence-corrected chi connectivity index (χ2v) is 10.1. The molecule has 0 bridgehead atoms. The Hall–Kier alpha value is -3.78. The first-order chi connectivity index (χ1) is 18.6. The number of imidazole rings is 1. The van der Waals surface area contributed by atoms with E-state index < -0.39 is 0 Å². The average Bonchev–Trinajstić information content (AvgIpc) is 3.53. The number of aliphatic hydroxyl groups excluding tert-OH is 1. The molecule has 38 heavy (non-hydrogen) atoms. The van der Waals surface area contributed by atoms with Gasteiger partial charge in [-0.25, -0.2) is 4.98 Å². The van der Waals surface area contributed by atoms with Crippen LogP contribution >= 0.6 is 0 Å². The number of aromatic nitrogens is 2. The van der Waals surface area contributed by atoms with Crippen molar-refractivity contribution >= 4 is 5.78 Å². The summed E-state index contributed by atoms with van der Waals surface area (Å²) in [5, 5.41) is 13.5. The number of likely N-dealkylation sites (tertiary alicyclic amines) is 1. The number of carbonyl (C=O) groups is 1. The lowest BCUT2D eigenvalue weighted by Gasteiger charge is -2.19. The molecule has 194 valence electrons. The maximum atomic E-state index is 13.4. The average molecular weight is 509 g/mol. The van der Waals surface area contributed by atoms with Gasteiger partial charge in [0.2, 0.25) is 0 Å². The summed E-state index contributed by atoms with van der Waals surface area (Å²) in [6.45, 7) is 3.01. The molecule has 2 aliphatic rings. The number of β-amino-alcohol motifs (C(OH)–C–C–N with tert-alkyl or cyclic N) is 1. The molecule has 3 aromatic carbocycles. The van der Waals surface area contributed by atoms with E-state index in [1.807, 2.05) is 28.8 Å². The zero-order chi connectivity index (χ0) is 26.1. The molecule has 1 fully saturated rings. The fourth-order valence-electron chi connectivity index (χ4n) is 5.59. The molecule has 1 aromatic heterocycles. The van der Waals surface area contributed by atoms with Crippen LogP contribution < -0.4 is 10.1 Å². The van der Waals surface area contributed by atoms with Crippen LogP contribution in [0.4, 0.5) is 0 Å². The number of ether oxygens (including phenoxy) is 1. The molecule has 7 nitrogen and oxygen atoms in total. The Bertz CT molecular complexity index is 1430. The third-order valence-electron chi connectivity index (χ3n) is 7.65. The summed E-state index contributed by atoms with van der Waals surface area (Å²) < 4.78 is 7.14. The van der Waals surface area contributed by atoms with E-state index in [9.17, 15) is 9.90 Å². The summed E-state index contributed by atoms with van der Waals surface area (Å²) in [4.78, 5) is 20.3. The predicted octanol–water partition coefficient (Wildman–Crippen LogP) is 4.53. The number of methoxy groups -OCH3 is 1. The summed E-state index contributed by atoms with van der Waals surface area (Å²) in [5.41, 5.74) is 7.00. The Labute approximate surface area is 222 Å². The van der Waals surface area contributed by atoms with Crippen molar-refractivity contribution < 1.29 is 14.6 Å². The minimum Gasteiger partial charge on any atom is -0.497 e. The van der Waals surface area contributed by atoms with Crippen LogP contribution in [0.25, 0.3) is 16.8 Å². The number of ketones is 1. The highest BCUT2D eigenvalue weighted by Gasteiger charge is 2.28. The molecular formula is C31H32N4O3. The number of nitrogens with zero attached hydrogens (tertiary/aromatic N) is 3. The highest BCUT2D eigenvalue weighted by molar-refractivity contribution is 5.97. The molecule has 4 aromatic rings. The lowest BCUT2D eigenvalue weighted by atomic mass is 9.95. The van der Waals surface area contributed by atoms with Gasteiger partial charge in [0, 0.05) is 44.3 Å². The Morgan fingerprint density at radius 1 is 1.05 bits per heavy atom. The lowest BCUT2D eigenvalue weighted by molar-refractivity contribution is 0.0966. The second-order valence-electron chi connectivity index (χ2n) is 10.1. The zero-order valence-electron chi connectivity index (χ0n) is 21.5. The number of benzene rings is 3. The third kappa shape index (κ3) is 4.88. The van der Waals surface area contributed by atoms with E-state index in [-0.39, 0.29) is 17.9 Å². The number of aliphatic hydroxyl groups is 1. The molecule has 0 amide bonds. The van der Waals surface area contributed by atoms with Crippen LogP contribution in [0.15, 0.2) is 79.1 Å². The number of hydrogen-bond donors (Lipinski definition) is 2. The molecule has 7 heteroatoms. The van der Waals surface area contributed by atoms with E-state index in [0.29, 0.717) is 18.7 Å². The smallest absolute Gasteiger partial charge is 0.183 e. The van der Waals surface area contributed by atoms with Crippen molar-refractivity contribution in [3.8, 4) is 22.6 Å². The Kier molecular flexibility index (Phi) is 6.81. The maximum Gasteiger partial charge on any atom is 0.183 e. The molecule has 0 radical (unpaired) electrons. The normalized spacial score (nSPS) is 19.8. The monoisotopic (exact) mass is 508 g/mol. The summed E-state index contributed by atoms with van der Waals surface area (Å²) >= 11 is 0. The molecule has 2 N–H and O–H groups in total. The van der Waals surface area contributed by atoms with Crippen molar-refractivity contribution in [2.45, 2.75) is 38.1 Å². The minimum absolute atomic E-state index is 0.0746. The quantitative estimate of drug-likeness (QED) is 0.398. The molecule has 0 spiro atoms. The summed E-state index contributed by atoms with van der Waals surface area (Å²) in [5.74, 6) is 0.847. The first-order valence-electron chi connectivity index (χ1n) is 13.1. The molecule has 1 saturated heterocycles. The molecule has 3 heterocycles. The standard InChI is InChI=1S/C31H32N4O3/c1-38-26-12-10-24(11-13-26)35-20-33-29-17-32-28(16-30(37)31(29)35)22-8-6-21(7-9-22)27-5-3-2-4-23(27)18-34-15-14-25(36)19-34/h2-13,20,25,28,32,36H,14-19H2,1H3/t25-,28?/m0/s1. The number of carbonyl (C=O) groups excluding carboxylic acids is 1. The predicted molar refractivity (Wildman–Crippen MR) is 146 cm³/mol. The van der Waals surface area contributed by atoms with Crippen molar-refractivity contribution in [1.29, 1.82) is 0 Å². The van der Waals surface area contributed by atoms with Gasteiger partial charge in [-0.3, -0.25) is 14.3 Å². The Morgan fingerprint density at radius 3 is 2.58 bits per heavy atom. The van der Waals surface area contributed by atoms with E-state index in [0.717, 1.165) is 54.3 Å². The van der Waals surface area contributed by atoms with Gasteiger partial charge in [-0.05, 0) is 52.9 Å². The van der Waals surface area contributed by atoms with Crippen LogP contribution in [-0.2, 0) is 13.1 Å². The van der Waals surface area contributed by atoms with Gasteiger partial charge in [0.15, 0.2) is 5.78 Å². The minimum atomic E-state index is -0.221. The number of fused-ring (bicyclic) bond motifs is 1. The molecule has 6 rings (SSSR count). The number of rotatable bonds is 6. The SMILES string of the molecule is COc1ccc(-n2cnc3c2C(=O)CC(c2ccc(-c4ccccc4CN4CC[C@H](O)C4)cc2)NC3)cc1. The number of Topliss-reactive ketones (excluding diaryl/α,β-unsaturated/α-hetero) is 1. The molecule has 0 aliphatic carbocycles. The largest absolute Gasteiger partial charge is 0.497 e. The van der Waals surface area contributed by atoms with Gasteiger partial charge in [-0.1, -0.05) is 48.5 Å². The summed E-state index contributed by atoms with van der Waals surface area (Å²) in [6.07, 6.45) is 2.70. The van der Waals surface area contributed by atoms with E-state index in [1.165, 1.54) is 11.1 Å². The highest BCUT2D eigenvalue weighted by Crippen LogP contribution is 2.30. The van der Waals surface area contributed by atoms with Gasteiger partial charge in [0.1, 0.15) is 17.8 Å². The van der Waals surface area contributed by atoms with E-state index in [4.69, 9.17) is 4.74 Å². The van der Waals surface area contributed by atoms with Crippen LogP contribution in [0.1, 0.15) is 46.2 Å². The van der Waals surface area contributed by atoms with Gasteiger partial charge in [-0.2, -0.15) is 0 Å². The van der Waals surface area contributed by atoms with Crippen molar-refractivity contribution in [2.75, 3.05) is 20.2 Å². The molecular weight excluding hydrogens is 476 g/mol. The van der Waals surface area contributed by atoms with Gasteiger partial charge < -0.3 is 15.2 Å². The number of nitrogens with one attached hydrogen (secondary N) is 1. The molecule has 0 saturated carbocycles. The first-order valence-corrected chi connectivity index (χ1v) is 13.1. The van der Waals surface area contributed by atoms with Crippen LogP contribution in [-0.4, -0.2) is 51.6 Å². The Balaban J connectivity index is 1.20. The van der Waals surface area contributed by atoms with Crippen molar-refractivity contribution in [3.63, 3.8) is 0 Å². The Morgan fingerprint density at radius 2 is 1.84 bits per heavy atom. The summed E-state index contributed by atoms with van der Waals surface area (Å²) in [7, 11) is 1.64. The molecule has 2 aliphatic heterocycles. The van der Waals surface area contributed by atoms with Crippen molar-refractivity contribution in [2.24, 2.45) is 0 Å². The highest BCUT2D eigenvalue weighted by atomic mass is 16.5. The van der Waals surface area contributed by atoms with Crippen molar-refractivity contribution in [3.05, 3.63) is 102 Å². The topological polar surface area (TPSA) is 79.6 Å². The van der Waals surface area contributed by atoms with E-state index >= 15 is 0 Å². The zero-order valence-corrected chi connectivity index (χ0v) is 21.5. The van der Waals surface area contributed by atoms with Gasteiger partial charge in [-0.15, -0.1) is 0 Å². The fraction of sp³-hybridized carbons (Fsp3) is 0.290. The second kappa shape index (κ2) is 10.5. The van der Waals surface area contributed by atoms with Gasteiger partial charge in [0.05, 0.1) is 18.9 Å². The summed E-state index contributed by atoms with van der Waals surface area (Å²) in [6, 6.07) is 24.6. The van der Waals surface area contributed by atoms with Crippen LogP contribution in [0, 0.1) is 0 Å². The van der Waals surface area contributed by atoms with E-state index in [2.05, 4.69) is 63.7 Å².